The number of carbonyl (C=O) groups excluding carboxylic acids is 2. The number of hydrogen-bond acceptors (Lipinski definition) is 4. The number of rotatable bonds is 4. The molecule has 24 heavy (non-hydrogen) atoms. The Morgan fingerprint density at radius 3 is 2.62 bits per heavy atom. The highest BCUT2D eigenvalue weighted by Gasteiger charge is 2.18. The van der Waals surface area contributed by atoms with Crippen molar-refractivity contribution < 1.29 is 23.8 Å². The monoisotopic (exact) mass is 352 g/mol. The van der Waals surface area contributed by atoms with Crippen molar-refractivity contribution >= 4 is 23.4 Å². The molecular formula is C16H14ClFN2O4. The van der Waals surface area contributed by atoms with Gasteiger partial charge in [-0.05, 0) is 37.3 Å². The van der Waals surface area contributed by atoms with Crippen LogP contribution in [0.5, 0.6) is 11.5 Å². The Kier molecular flexibility index (Phi) is 5.59. The maximum Gasteiger partial charge on any atom is 0.279 e. The molecule has 0 saturated carbocycles. The fourth-order valence-electron chi connectivity index (χ4n) is 1.76. The van der Waals surface area contributed by atoms with Gasteiger partial charge in [0.25, 0.3) is 11.8 Å². The van der Waals surface area contributed by atoms with Crippen LogP contribution in [0.1, 0.15) is 17.3 Å². The molecule has 2 aromatic carbocycles. The van der Waals surface area contributed by atoms with Gasteiger partial charge in [-0.2, -0.15) is 0 Å². The molecule has 2 rings (SSSR count). The van der Waals surface area contributed by atoms with Crippen LogP contribution >= 0.6 is 11.6 Å². The zero-order valence-electron chi connectivity index (χ0n) is 12.5. The third kappa shape index (κ3) is 4.36. The molecule has 1 unspecified atom stereocenters. The lowest BCUT2D eigenvalue weighted by Crippen LogP contribution is -2.47. The second kappa shape index (κ2) is 7.65. The molecule has 126 valence electrons. The SMILES string of the molecule is CC(Oc1ccccc1F)C(=O)NNC(=O)c1cc(Cl)ccc1O. The zero-order valence-corrected chi connectivity index (χ0v) is 13.3. The number of benzene rings is 2. The molecule has 0 saturated heterocycles. The van der Waals surface area contributed by atoms with Crippen LogP contribution in [0.2, 0.25) is 5.02 Å². The number of phenols is 1. The van der Waals surface area contributed by atoms with E-state index in [2.05, 4.69) is 10.9 Å². The molecular weight excluding hydrogens is 339 g/mol. The number of ether oxygens (including phenoxy) is 1. The fourth-order valence-corrected chi connectivity index (χ4v) is 1.93. The van der Waals surface area contributed by atoms with E-state index < -0.39 is 23.7 Å². The summed E-state index contributed by atoms with van der Waals surface area (Å²) in [7, 11) is 0. The average Bonchev–Trinajstić information content (AvgIpc) is 2.56. The van der Waals surface area contributed by atoms with E-state index in [1.54, 1.807) is 6.07 Å². The first kappa shape index (κ1) is 17.6. The molecule has 0 fully saturated rings. The quantitative estimate of drug-likeness (QED) is 0.737. The fraction of sp³-hybridized carbons (Fsp3) is 0.125. The molecule has 1 atom stereocenters. The lowest BCUT2D eigenvalue weighted by molar-refractivity contribution is -0.128. The van der Waals surface area contributed by atoms with Crippen LogP contribution in [0.4, 0.5) is 4.39 Å². The van der Waals surface area contributed by atoms with Crippen LogP contribution in [0.15, 0.2) is 42.5 Å². The Labute approximate surface area is 142 Å². The molecule has 0 heterocycles. The summed E-state index contributed by atoms with van der Waals surface area (Å²) >= 11 is 5.75. The van der Waals surface area contributed by atoms with Gasteiger partial charge in [-0.25, -0.2) is 4.39 Å². The molecule has 3 N–H and O–H groups in total. The van der Waals surface area contributed by atoms with Gasteiger partial charge in [-0.15, -0.1) is 0 Å². The van der Waals surface area contributed by atoms with E-state index in [0.717, 1.165) is 0 Å². The second-order valence-electron chi connectivity index (χ2n) is 4.80. The second-order valence-corrected chi connectivity index (χ2v) is 5.23. The van der Waals surface area contributed by atoms with Gasteiger partial charge in [0, 0.05) is 5.02 Å². The first-order valence-electron chi connectivity index (χ1n) is 6.88. The number of nitrogens with one attached hydrogen (secondary N) is 2. The van der Waals surface area contributed by atoms with Crippen LogP contribution in [0, 0.1) is 5.82 Å². The summed E-state index contributed by atoms with van der Waals surface area (Å²) in [5.41, 5.74) is 4.14. The van der Waals surface area contributed by atoms with Crippen molar-refractivity contribution in [2.45, 2.75) is 13.0 Å². The Morgan fingerprint density at radius 2 is 1.92 bits per heavy atom. The van der Waals surface area contributed by atoms with Crippen LogP contribution < -0.4 is 15.6 Å². The summed E-state index contributed by atoms with van der Waals surface area (Å²) in [6.45, 7) is 1.39. The van der Waals surface area contributed by atoms with Crippen molar-refractivity contribution in [2.24, 2.45) is 0 Å². The Balaban J connectivity index is 1.93. The average molecular weight is 353 g/mol. The third-order valence-corrected chi connectivity index (χ3v) is 3.25. The Bertz CT molecular complexity index is 769. The van der Waals surface area contributed by atoms with Crippen LogP contribution in [-0.4, -0.2) is 23.0 Å². The highest BCUT2D eigenvalue weighted by atomic mass is 35.5. The molecule has 0 aliphatic carbocycles. The van der Waals surface area contributed by atoms with E-state index >= 15 is 0 Å². The normalized spacial score (nSPS) is 11.5. The van der Waals surface area contributed by atoms with Crippen molar-refractivity contribution in [1.82, 2.24) is 10.9 Å². The van der Waals surface area contributed by atoms with Crippen molar-refractivity contribution in [2.75, 3.05) is 0 Å². The summed E-state index contributed by atoms with van der Waals surface area (Å²) in [6, 6.07) is 9.54. The number of carbonyl (C=O) groups is 2. The van der Waals surface area contributed by atoms with E-state index in [1.807, 2.05) is 0 Å². The van der Waals surface area contributed by atoms with Gasteiger partial charge in [0.2, 0.25) is 0 Å². The number of halogens is 2. The van der Waals surface area contributed by atoms with Crippen LogP contribution in [0.3, 0.4) is 0 Å². The zero-order chi connectivity index (χ0) is 17.7. The molecule has 2 aromatic rings. The van der Waals surface area contributed by atoms with Crippen LogP contribution in [0.25, 0.3) is 0 Å². The van der Waals surface area contributed by atoms with E-state index in [0.29, 0.717) is 0 Å². The minimum Gasteiger partial charge on any atom is -0.507 e. The molecule has 6 nitrogen and oxygen atoms in total. The van der Waals surface area contributed by atoms with Crippen LogP contribution in [-0.2, 0) is 4.79 Å². The number of hydrogen-bond donors (Lipinski definition) is 3. The third-order valence-electron chi connectivity index (χ3n) is 3.01. The van der Waals surface area contributed by atoms with Crippen molar-refractivity contribution in [3.63, 3.8) is 0 Å². The van der Waals surface area contributed by atoms with E-state index in [4.69, 9.17) is 16.3 Å². The molecule has 8 heteroatoms. The Morgan fingerprint density at radius 1 is 1.21 bits per heavy atom. The number of hydrazine groups is 1. The van der Waals surface area contributed by atoms with Gasteiger partial charge >= 0.3 is 0 Å². The number of phenolic OH excluding ortho intramolecular Hbond substituents is 1. The summed E-state index contributed by atoms with van der Waals surface area (Å²) in [5.74, 6) is -2.44. The largest absolute Gasteiger partial charge is 0.507 e. The molecule has 2 amide bonds. The minimum atomic E-state index is -1.06. The molecule has 0 aromatic heterocycles. The van der Waals surface area contributed by atoms with Crippen molar-refractivity contribution in [1.29, 1.82) is 0 Å². The topological polar surface area (TPSA) is 87.7 Å². The number of para-hydroxylation sites is 1. The summed E-state index contributed by atoms with van der Waals surface area (Å²) in [4.78, 5) is 23.8. The minimum absolute atomic E-state index is 0.0843. The van der Waals surface area contributed by atoms with E-state index in [1.165, 1.54) is 43.3 Å². The van der Waals surface area contributed by atoms with Crippen molar-refractivity contribution in [3.05, 3.63) is 58.9 Å². The lowest BCUT2D eigenvalue weighted by Gasteiger charge is -2.15. The highest BCUT2D eigenvalue weighted by molar-refractivity contribution is 6.31. The van der Waals surface area contributed by atoms with Gasteiger partial charge in [0.15, 0.2) is 17.7 Å². The maximum absolute atomic E-state index is 13.5. The van der Waals surface area contributed by atoms with E-state index in [9.17, 15) is 19.1 Å². The lowest BCUT2D eigenvalue weighted by atomic mass is 10.2. The summed E-state index contributed by atoms with van der Waals surface area (Å²) in [6.07, 6.45) is -1.06. The van der Waals surface area contributed by atoms with Crippen molar-refractivity contribution in [3.8, 4) is 11.5 Å². The molecule has 0 aliphatic heterocycles. The molecule has 0 aliphatic rings. The first-order chi connectivity index (χ1) is 11.4. The highest BCUT2D eigenvalue weighted by Crippen LogP contribution is 2.21. The number of amides is 2. The Hall–Kier alpha value is -2.80. The van der Waals surface area contributed by atoms with E-state index in [-0.39, 0.29) is 22.1 Å². The van der Waals surface area contributed by atoms with Gasteiger partial charge in [-0.3, -0.25) is 20.4 Å². The molecule has 0 radical (unpaired) electrons. The summed E-state index contributed by atoms with van der Waals surface area (Å²) < 4.78 is 18.6. The standard InChI is InChI=1S/C16H14ClFN2O4/c1-9(24-14-5-3-2-4-12(14)18)15(22)19-20-16(23)11-8-10(17)6-7-13(11)21/h2-9,21H,1H3,(H,19,22)(H,20,23). The van der Waals surface area contributed by atoms with Gasteiger partial charge in [0.05, 0.1) is 5.56 Å². The van der Waals surface area contributed by atoms with Gasteiger partial charge in [0.1, 0.15) is 5.75 Å². The predicted molar refractivity (Wildman–Crippen MR) is 85.2 cm³/mol. The smallest absolute Gasteiger partial charge is 0.279 e. The van der Waals surface area contributed by atoms with Gasteiger partial charge in [-0.1, -0.05) is 23.7 Å². The predicted octanol–water partition coefficient (Wildman–Crippen LogP) is 2.41. The maximum atomic E-state index is 13.5. The number of aromatic hydroxyl groups is 1. The first-order valence-corrected chi connectivity index (χ1v) is 7.26. The molecule has 0 bridgehead atoms. The summed E-state index contributed by atoms with van der Waals surface area (Å²) in [5, 5.41) is 9.86. The van der Waals surface area contributed by atoms with Gasteiger partial charge < -0.3 is 9.84 Å². The molecule has 0 spiro atoms.